The maximum atomic E-state index is 12.3. The van der Waals surface area contributed by atoms with Crippen LogP contribution in [0.2, 0.25) is 0 Å². The van der Waals surface area contributed by atoms with Crippen LogP contribution in [-0.2, 0) is 9.53 Å². The zero-order chi connectivity index (χ0) is 15.1. The molecule has 2 amide bonds. The number of rotatable bonds is 6. The van der Waals surface area contributed by atoms with Gasteiger partial charge in [-0.05, 0) is 31.0 Å². The molecule has 0 heterocycles. The summed E-state index contributed by atoms with van der Waals surface area (Å²) in [5.74, 6) is -0.209. The van der Waals surface area contributed by atoms with Crippen LogP contribution in [-0.4, -0.2) is 44.0 Å². The van der Waals surface area contributed by atoms with Gasteiger partial charge in [-0.25, -0.2) is 0 Å². The van der Waals surface area contributed by atoms with E-state index in [4.69, 9.17) is 4.74 Å². The van der Waals surface area contributed by atoms with Gasteiger partial charge in [0.05, 0.1) is 0 Å². The normalized spacial score (nSPS) is 10.2. The van der Waals surface area contributed by atoms with Gasteiger partial charge in [0.2, 0.25) is 5.91 Å². The molecule has 0 bridgehead atoms. The van der Waals surface area contributed by atoms with Crippen LogP contribution < -0.4 is 5.32 Å². The Balaban J connectivity index is 2.79. The molecule has 1 N–H and O–H groups in total. The molecule has 0 saturated carbocycles. The Labute approximate surface area is 119 Å². The zero-order valence-corrected chi connectivity index (χ0v) is 12.5. The third kappa shape index (κ3) is 4.66. The molecular weight excluding hydrogens is 256 g/mol. The Morgan fingerprint density at radius 1 is 1.35 bits per heavy atom. The highest BCUT2D eigenvalue weighted by Gasteiger charge is 2.13. The molecule has 20 heavy (non-hydrogen) atoms. The van der Waals surface area contributed by atoms with Gasteiger partial charge in [0.25, 0.3) is 5.91 Å². The summed E-state index contributed by atoms with van der Waals surface area (Å²) in [5, 5.41) is 2.73. The summed E-state index contributed by atoms with van der Waals surface area (Å²) in [6.07, 6.45) is 0.795. The molecule has 5 nitrogen and oxygen atoms in total. The van der Waals surface area contributed by atoms with Crippen molar-refractivity contribution in [3.63, 3.8) is 0 Å². The fourth-order valence-corrected chi connectivity index (χ4v) is 1.85. The Morgan fingerprint density at radius 3 is 2.65 bits per heavy atom. The second kappa shape index (κ2) is 7.65. The molecule has 1 aromatic carbocycles. The highest BCUT2D eigenvalue weighted by atomic mass is 16.5. The Hall–Kier alpha value is -1.88. The molecule has 0 aliphatic heterocycles. The number of anilines is 1. The first-order valence-corrected chi connectivity index (χ1v) is 6.58. The molecular formula is C15H22N2O3. The summed E-state index contributed by atoms with van der Waals surface area (Å²) in [6, 6.07) is 5.32. The number of nitrogens with zero attached hydrogens (tertiary/aromatic N) is 1. The molecule has 1 aromatic rings. The number of hydrogen-bond donors (Lipinski definition) is 1. The number of hydrogen-bond acceptors (Lipinski definition) is 3. The molecule has 0 aromatic heterocycles. The van der Waals surface area contributed by atoms with Crippen molar-refractivity contribution >= 4 is 17.5 Å². The second-order valence-electron chi connectivity index (χ2n) is 4.78. The van der Waals surface area contributed by atoms with Gasteiger partial charge in [-0.3, -0.25) is 9.59 Å². The van der Waals surface area contributed by atoms with E-state index in [1.54, 1.807) is 31.2 Å². The Kier molecular flexibility index (Phi) is 6.18. The van der Waals surface area contributed by atoms with E-state index in [1.165, 1.54) is 6.92 Å². The van der Waals surface area contributed by atoms with E-state index >= 15 is 0 Å². The van der Waals surface area contributed by atoms with Crippen molar-refractivity contribution in [3.05, 3.63) is 29.3 Å². The van der Waals surface area contributed by atoms with E-state index in [0.717, 1.165) is 12.0 Å². The first-order valence-electron chi connectivity index (χ1n) is 6.58. The van der Waals surface area contributed by atoms with Gasteiger partial charge in [0.1, 0.15) is 0 Å². The molecule has 0 atom stereocenters. The van der Waals surface area contributed by atoms with Crippen LogP contribution in [0.15, 0.2) is 18.2 Å². The number of nitrogens with one attached hydrogen (secondary N) is 1. The fraction of sp³-hybridized carbons (Fsp3) is 0.467. The molecule has 110 valence electrons. The van der Waals surface area contributed by atoms with Crippen molar-refractivity contribution < 1.29 is 14.3 Å². The summed E-state index contributed by atoms with van der Waals surface area (Å²) in [6.45, 7) is 4.60. The SMILES string of the molecule is COCCCN(C)C(=O)c1ccc(C)c(NC(C)=O)c1. The second-order valence-corrected chi connectivity index (χ2v) is 4.78. The number of methoxy groups -OCH3 is 1. The number of carbonyl (C=O) groups excluding carboxylic acids is 2. The average molecular weight is 278 g/mol. The average Bonchev–Trinajstić information content (AvgIpc) is 2.40. The third-order valence-electron chi connectivity index (χ3n) is 2.98. The van der Waals surface area contributed by atoms with E-state index in [2.05, 4.69) is 5.32 Å². The summed E-state index contributed by atoms with van der Waals surface area (Å²) in [7, 11) is 3.40. The predicted molar refractivity (Wildman–Crippen MR) is 78.9 cm³/mol. The Bertz CT molecular complexity index is 486. The lowest BCUT2D eigenvalue weighted by molar-refractivity contribution is -0.114. The molecule has 0 unspecified atom stereocenters. The van der Waals surface area contributed by atoms with Crippen LogP contribution >= 0.6 is 0 Å². The smallest absolute Gasteiger partial charge is 0.253 e. The van der Waals surface area contributed by atoms with E-state index < -0.39 is 0 Å². The van der Waals surface area contributed by atoms with E-state index in [-0.39, 0.29) is 11.8 Å². The van der Waals surface area contributed by atoms with Crippen LogP contribution in [0.4, 0.5) is 5.69 Å². The highest BCUT2D eigenvalue weighted by Crippen LogP contribution is 2.18. The molecule has 0 saturated heterocycles. The van der Waals surface area contributed by atoms with Crippen LogP contribution in [0.1, 0.15) is 29.3 Å². The first-order chi connectivity index (χ1) is 9.45. The van der Waals surface area contributed by atoms with Crippen molar-refractivity contribution in [3.8, 4) is 0 Å². The lowest BCUT2D eigenvalue weighted by Crippen LogP contribution is -2.28. The molecule has 1 rings (SSSR count). The molecule has 0 aliphatic carbocycles. The van der Waals surface area contributed by atoms with Crippen molar-refractivity contribution in [2.24, 2.45) is 0 Å². The van der Waals surface area contributed by atoms with Gasteiger partial charge in [0, 0.05) is 45.5 Å². The lowest BCUT2D eigenvalue weighted by atomic mass is 10.1. The van der Waals surface area contributed by atoms with Crippen molar-refractivity contribution in [1.82, 2.24) is 4.90 Å². The van der Waals surface area contributed by atoms with Gasteiger partial charge in [-0.15, -0.1) is 0 Å². The summed E-state index contributed by atoms with van der Waals surface area (Å²) >= 11 is 0. The maximum Gasteiger partial charge on any atom is 0.253 e. The van der Waals surface area contributed by atoms with Crippen LogP contribution in [0.25, 0.3) is 0 Å². The van der Waals surface area contributed by atoms with Gasteiger partial charge >= 0.3 is 0 Å². The number of benzene rings is 1. The van der Waals surface area contributed by atoms with Gasteiger partial charge < -0.3 is 15.0 Å². The first kappa shape index (κ1) is 16.2. The monoisotopic (exact) mass is 278 g/mol. The summed E-state index contributed by atoms with van der Waals surface area (Å²) in [5.41, 5.74) is 2.17. The van der Waals surface area contributed by atoms with Gasteiger partial charge in [-0.2, -0.15) is 0 Å². The van der Waals surface area contributed by atoms with E-state index in [0.29, 0.717) is 24.4 Å². The minimum Gasteiger partial charge on any atom is -0.385 e. The summed E-state index contributed by atoms with van der Waals surface area (Å²) < 4.78 is 4.97. The molecule has 0 radical (unpaired) electrons. The highest BCUT2D eigenvalue weighted by molar-refractivity contribution is 5.97. The van der Waals surface area contributed by atoms with Gasteiger partial charge in [0.15, 0.2) is 0 Å². The summed E-state index contributed by atoms with van der Waals surface area (Å²) in [4.78, 5) is 25.0. The number of aryl methyl sites for hydroxylation is 1. The molecule has 0 spiro atoms. The number of amides is 2. The molecule has 0 aliphatic rings. The van der Waals surface area contributed by atoms with Crippen molar-refractivity contribution in [2.75, 3.05) is 32.6 Å². The standard InChI is InChI=1S/C15H22N2O3/c1-11-6-7-13(10-14(11)16-12(2)18)15(19)17(3)8-5-9-20-4/h6-7,10H,5,8-9H2,1-4H3,(H,16,18). The van der Waals surface area contributed by atoms with E-state index in [1.807, 2.05) is 13.0 Å². The fourth-order valence-electron chi connectivity index (χ4n) is 1.85. The van der Waals surface area contributed by atoms with E-state index in [9.17, 15) is 9.59 Å². The van der Waals surface area contributed by atoms with Crippen molar-refractivity contribution in [2.45, 2.75) is 20.3 Å². The quantitative estimate of drug-likeness (QED) is 0.810. The minimum atomic E-state index is -0.147. The molecule has 5 heteroatoms. The number of carbonyl (C=O) groups is 2. The van der Waals surface area contributed by atoms with Crippen LogP contribution in [0.5, 0.6) is 0 Å². The lowest BCUT2D eigenvalue weighted by Gasteiger charge is -2.18. The van der Waals surface area contributed by atoms with Crippen molar-refractivity contribution in [1.29, 1.82) is 0 Å². The van der Waals surface area contributed by atoms with Crippen LogP contribution in [0.3, 0.4) is 0 Å². The minimum absolute atomic E-state index is 0.0623. The Morgan fingerprint density at radius 2 is 2.05 bits per heavy atom. The third-order valence-corrected chi connectivity index (χ3v) is 2.98. The predicted octanol–water partition coefficient (Wildman–Crippen LogP) is 2.06. The maximum absolute atomic E-state index is 12.3. The molecule has 0 fully saturated rings. The topological polar surface area (TPSA) is 58.6 Å². The van der Waals surface area contributed by atoms with Crippen LogP contribution in [0, 0.1) is 6.92 Å². The zero-order valence-electron chi connectivity index (χ0n) is 12.5. The largest absolute Gasteiger partial charge is 0.385 e. The van der Waals surface area contributed by atoms with Gasteiger partial charge in [-0.1, -0.05) is 6.07 Å². The number of ether oxygens (including phenoxy) is 1.